The molecular weight excluding hydrogens is 205 g/mol. The first-order valence-electron chi connectivity index (χ1n) is 4.47. The number of alkyl halides is 3. The zero-order valence-electron chi connectivity index (χ0n) is 8.48. The lowest BCUT2D eigenvalue weighted by molar-refractivity contribution is -0.138. The van der Waals surface area contributed by atoms with Crippen molar-refractivity contribution in [1.29, 1.82) is 0 Å². The summed E-state index contributed by atoms with van der Waals surface area (Å²) in [6.45, 7) is 2.86. The van der Waals surface area contributed by atoms with E-state index >= 15 is 0 Å². The molecule has 0 spiro atoms. The summed E-state index contributed by atoms with van der Waals surface area (Å²) in [5.41, 5.74) is -0.129. The maximum atomic E-state index is 12.6. The average molecular weight is 216 g/mol. The number of rotatable bonds is 2. The SMILES string of the molecule is CC(=O)Cc1c(C)cccc1C(F)(F)F. The Morgan fingerprint density at radius 1 is 1.33 bits per heavy atom. The van der Waals surface area contributed by atoms with Crippen molar-refractivity contribution in [1.82, 2.24) is 0 Å². The molecule has 1 rings (SSSR count). The molecule has 0 aliphatic heterocycles. The van der Waals surface area contributed by atoms with Crippen molar-refractivity contribution in [3.05, 3.63) is 34.9 Å². The van der Waals surface area contributed by atoms with Gasteiger partial charge in [0.1, 0.15) is 5.78 Å². The molecule has 15 heavy (non-hydrogen) atoms. The zero-order valence-corrected chi connectivity index (χ0v) is 8.48. The summed E-state index contributed by atoms with van der Waals surface area (Å²) >= 11 is 0. The number of benzene rings is 1. The van der Waals surface area contributed by atoms with Crippen LogP contribution in [0, 0.1) is 6.92 Å². The van der Waals surface area contributed by atoms with Gasteiger partial charge in [-0.3, -0.25) is 4.79 Å². The maximum Gasteiger partial charge on any atom is 0.416 e. The molecule has 1 nitrogen and oxygen atoms in total. The highest BCUT2D eigenvalue weighted by molar-refractivity contribution is 5.79. The lowest BCUT2D eigenvalue weighted by Crippen LogP contribution is -2.12. The number of Topliss-reactive ketones (excluding diaryl/α,β-unsaturated/α-hetero) is 1. The molecule has 0 aliphatic rings. The van der Waals surface area contributed by atoms with Gasteiger partial charge in [-0.2, -0.15) is 13.2 Å². The van der Waals surface area contributed by atoms with Crippen LogP contribution in [0.1, 0.15) is 23.6 Å². The molecule has 0 bridgehead atoms. The van der Waals surface area contributed by atoms with Crippen LogP contribution in [0.4, 0.5) is 13.2 Å². The molecule has 0 aromatic heterocycles. The maximum absolute atomic E-state index is 12.6. The zero-order chi connectivity index (χ0) is 11.6. The predicted octanol–water partition coefficient (Wildman–Crippen LogP) is 3.15. The highest BCUT2D eigenvalue weighted by Gasteiger charge is 2.33. The standard InChI is InChI=1S/C11H11F3O/c1-7-4-3-5-10(11(12,13)14)9(7)6-8(2)15/h3-5H,6H2,1-2H3. The van der Waals surface area contributed by atoms with E-state index < -0.39 is 11.7 Å². The summed E-state index contributed by atoms with van der Waals surface area (Å²) in [5, 5.41) is 0. The normalized spacial score (nSPS) is 11.5. The number of hydrogen-bond acceptors (Lipinski definition) is 1. The third-order valence-corrected chi connectivity index (χ3v) is 2.14. The summed E-state index contributed by atoms with van der Waals surface area (Å²) in [6, 6.07) is 3.93. The quantitative estimate of drug-likeness (QED) is 0.742. The van der Waals surface area contributed by atoms with Gasteiger partial charge in [0.2, 0.25) is 0 Å². The van der Waals surface area contributed by atoms with Gasteiger partial charge in [-0.15, -0.1) is 0 Å². The van der Waals surface area contributed by atoms with E-state index in [-0.39, 0.29) is 17.8 Å². The monoisotopic (exact) mass is 216 g/mol. The minimum absolute atomic E-state index is 0.0810. The van der Waals surface area contributed by atoms with Crippen molar-refractivity contribution >= 4 is 5.78 Å². The highest BCUT2D eigenvalue weighted by atomic mass is 19.4. The first kappa shape index (κ1) is 11.8. The topological polar surface area (TPSA) is 17.1 Å². The first-order valence-corrected chi connectivity index (χ1v) is 4.47. The van der Waals surface area contributed by atoms with Crippen LogP contribution >= 0.6 is 0 Å². The molecule has 0 heterocycles. The smallest absolute Gasteiger partial charge is 0.300 e. The predicted molar refractivity (Wildman–Crippen MR) is 50.6 cm³/mol. The fourth-order valence-corrected chi connectivity index (χ4v) is 1.45. The highest BCUT2D eigenvalue weighted by Crippen LogP contribution is 2.33. The second kappa shape index (κ2) is 4.04. The van der Waals surface area contributed by atoms with E-state index in [4.69, 9.17) is 0 Å². The minimum atomic E-state index is -4.39. The van der Waals surface area contributed by atoms with Gasteiger partial charge in [0.15, 0.2) is 0 Å². The fourth-order valence-electron chi connectivity index (χ4n) is 1.45. The van der Waals surface area contributed by atoms with Crippen LogP contribution in [0.15, 0.2) is 18.2 Å². The van der Waals surface area contributed by atoms with Gasteiger partial charge in [0.25, 0.3) is 0 Å². The second-order valence-corrected chi connectivity index (χ2v) is 3.48. The second-order valence-electron chi connectivity index (χ2n) is 3.48. The third kappa shape index (κ3) is 2.81. The van der Waals surface area contributed by atoms with Crippen LogP contribution in [0.3, 0.4) is 0 Å². The van der Waals surface area contributed by atoms with E-state index in [1.165, 1.54) is 13.0 Å². The molecule has 82 valence electrons. The van der Waals surface area contributed by atoms with Crippen LogP contribution < -0.4 is 0 Å². The molecule has 0 aliphatic carbocycles. The molecule has 0 saturated heterocycles. The summed E-state index contributed by atoms with van der Waals surface area (Å²) < 4.78 is 37.7. The van der Waals surface area contributed by atoms with E-state index in [2.05, 4.69) is 0 Å². The Labute approximate surface area is 85.9 Å². The van der Waals surface area contributed by atoms with Gasteiger partial charge in [-0.25, -0.2) is 0 Å². The average Bonchev–Trinajstić information content (AvgIpc) is 2.05. The fraction of sp³-hybridized carbons (Fsp3) is 0.364. The molecule has 0 fully saturated rings. The molecule has 1 aromatic rings. The van der Waals surface area contributed by atoms with Crippen molar-refractivity contribution < 1.29 is 18.0 Å². The Morgan fingerprint density at radius 3 is 2.40 bits per heavy atom. The molecule has 0 unspecified atom stereocenters. The molecule has 4 heteroatoms. The van der Waals surface area contributed by atoms with Crippen molar-refractivity contribution in [2.24, 2.45) is 0 Å². The van der Waals surface area contributed by atoms with Crippen molar-refractivity contribution in [2.45, 2.75) is 26.4 Å². The first-order chi connectivity index (χ1) is 6.82. The lowest BCUT2D eigenvalue weighted by atomic mass is 9.97. The van der Waals surface area contributed by atoms with Gasteiger partial charge in [0, 0.05) is 6.42 Å². The lowest BCUT2D eigenvalue weighted by Gasteiger charge is -2.13. The number of halogens is 3. The van der Waals surface area contributed by atoms with Crippen LogP contribution in [-0.4, -0.2) is 5.78 Å². The molecule has 0 N–H and O–H groups in total. The van der Waals surface area contributed by atoms with Gasteiger partial charge in [-0.05, 0) is 31.0 Å². The molecule has 1 aromatic carbocycles. The Balaban J connectivity index is 3.26. The summed E-state index contributed by atoms with van der Waals surface area (Å²) in [6.07, 6.45) is -4.56. The number of carbonyl (C=O) groups is 1. The minimum Gasteiger partial charge on any atom is -0.300 e. The van der Waals surface area contributed by atoms with E-state index in [0.717, 1.165) is 6.07 Å². The Morgan fingerprint density at radius 2 is 1.93 bits per heavy atom. The molecule has 0 atom stereocenters. The summed E-state index contributed by atoms with van der Waals surface area (Å²) in [4.78, 5) is 10.9. The molecule has 0 radical (unpaired) electrons. The van der Waals surface area contributed by atoms with Crippen LogP contribution in [0.25, 0.3) is 0 Å². The Kier molecular flexibility index (Phi) is 3.17. The summed E-state index contributed by atoms with van der Waals surface area (Å²) in [7, 11) is 0. The number of carbonyl (C=O) groups excluding carboxylic acids is 1. The third-order valence-electron chi connectivity index (χ3n) is 2.14. The Bertz CT molecular complexity index is 380. The van der Waals surface area contributed by atoms with Crippen molar-refractivity contribution in [3.63, 3.8) is 0 Å². The summed E-state index contributed by atoms with van der Waals surface area (Å²) in [5.74, 6) is -0.269. The van der Waals surface area contributed by atoms with E-state index in [0.29, 0.717) is 5.56 Å². The molecular formula is C11H11F3O. The number of aryl methyl sites for hydroxylation is 1. The number of ketones is 1. The van der Waals surface area contributed by atoms with Crippen molar-refractivity contribution in [3.8, 4) is 0 Å². The molecule has 0 amide bonds. The van der Waals surface area contributed by atoms with Gasteiger partial charge >= 0.3 is 6.18 Å². The van der Waals surface area contributed by atoms with E-state index in [1.807, 2.05) is 0 Å². The van der Waals surface area contributed by atoms with Crippen molar-refractivity contribution in [2.75, 3.05) is 0 Å². The van der Waals surface area contributed by atoms with Crippen LogP contribution in [0.2, 0.25) is 0 Å². The largest absolute Gasteiger partial charge is 0.416 e. The van der Waals surface area contributed by atoms with Gasteiger partial charge in [-0.1, -0.05) is 12.1 Å². The van der Waals surface area contributed by atoms with E-state index in [9.17, 15) is 18.0 Å². The van der Waals surface area contributed by atoms with Crippen LogP contribution in [-0.2, 0) is 17.4 Å². The Hall–Kier alpha value is -1.32. The van der Waals surface area contributed by atoms with Gasteiger partial charge in [0.05, 0.1) is 5.56 Å². The van der Waals surface area contributed by atoms with E-state index in [1.54, 1.807) is 13.0 Å². The van der Waals surface area contributed by atoms with Gasteiger partial charge < -0.3 is 0 Å². The number of hydrogen-bond donors (Lipinski definition) is 0. The van der Waals surface area contributed by atoms with Crippen LogP contribution in [0.5, 0.6) is 0 Å². The molecule has 0 saturated carbocycles.